The van der Waals surface area contributed by atoms with Gasteiger partial charge in [0.15, 0.2) is 0 Å². The molecular weight excluding hydrogens is 325 g/mol. The van der Waals surface area contributed by atoms with Crippen LogP contribution in [0.25, 0.3) is 0 Å². The van der Waals surface area contributed by atoms with Gasteiger partial charge in [-0.15, -0.1) is 0 Å². The van der Waals surface area contributed by atoms with E-state index in [-0.39, 0.29) is 5.56 Å². The molecule has 1 saturated carbocycles. The number of halogens is 1. The number of benzene rings is 2. The Morgan fingerprint density at radius 3 is 2.52 bits per heavy atom. The van der Waals surface area contributed by atoms with Gasteiger partial charge in [0.05, 0.1) is 6.04 Å². The molecule has 4 atom stereocenters. The van der Waals surface area contributed by atoms with Crippen LogP contribution in [0.15, 0.2) is 54.6 Å². The first-order chi connectivity index (χ1) is 12.0. The lowest BCUT2D eigenvalue weighted by atomic mass is 9.87. The molecule has 1 aliphatic carbocycles. The molecule has 0 aromatic heterocycles. The van der Waals surface area contributed by atoms with Gasteiger partial charge >= 0.3 is 0 Å². The number of carbonyl (C=O) groups excluding carboxylic acids is 1. The summed E-state index contributed by atoms with van der Waals surface area (Å²) in [6, 6.07) is 13.7. The molecule has 0 spiro atoms. The van der Waals surface area contributed by atoms with E-state index in [2.05, 4.69) is 5.32 Å². The van der Waals surface area contributed by atoms with Crippen LogP contribution in [-0.2, 0) is 0 Å². The van der Waals surface area contributed by atoms with E-state index in [1.807, 2.05) is 18.2 Å². The zero-order valence-electron chi connectivity index (χ0n) is 13.5. The molecule has 0 bridgehead atoms. The molecule has 132 valence electrons. The van der Waals surface area contributed by atoms with Crippen molar-refractivity contribution in [3.05, 3.63) is 66.0 Å². The predicted molar refractivity (Wildman–Crippen MR) is 89.8 cm³/mol. The van der Waals surface area contributed by atoms with Gasteiger partial charge in [0.25, 0.3) is 5.91 Å². The Labute approximate surface area is 145 Å². The van der Waals surface area contributed by atoms with E-state index in [0.717, 1.165) is 6.07 Å². The summed E-state index contributed by atoms with van der Waals surface area (Å²) < 4.78 is 18.9. The van der Waals surface area contributed by atoms with Crippen molar-refractivity contribution < 1.29 is 24.1 Å². The Morgan fingerprint density at radius 2 is 1.80 bits per heavy atom. The molecule has 0 aliphatic heterocycles. The highest BCUT2D eigenvalue weighted by Crippen LogP contribution is 2.25. The number of nitrogens with one attached hydrogen (secondary N) is 1. The fraction of sp³-hybridized carbons (Fsp3) is 0.316. The number of hydrogen-bond acceptors (Lipinski definition) is 4. The Morgan fingerprint density at radius 1 is 1.04 bits per heavy atom. The molecule has 25 heavy (non-hydrogen) atoms. The third-order valence-electron chi connectivity index (χ3n) is 4.34. The maximum Gasteiger partial charge on any atom is 0.251 e. The SMILES string of the molecule is O=C(N[C@@H]1CC[C@@H](Oc2ccccc2)[C@H](O)[C@H]1O)c1cccc(F)c1. The smallest absolute Gasteiger partial charge is 0.251 e. The molecule has 3 rings (SSSR count). The van der Waals surface area contributed by atoms with E-state index < -0.39 is 36.1 Å². The fourth-order valence-electron chi connectivity index (χ4n) is 2.98. The number of para-hydroxylation sites is 1. The Kier molecular flexibility index (Phi) is 5.31. The number of carbonyl (C=O) groups is 1. The minimum Gasteiger partial charge on any atom is -0.488 e. The topological polar surface area (TPSA) is 78.8 Å². The molecule has 1 aliphatic rings. The summed E-state index contributed by atoms with van der Waals surface area (Å²) >= 11 is 0. The average Bonchev–Trinajstić information content (AvgIpc) is 2.62. The maximum absolute atomic E-state index is 13.2. The number of ether oxygens (including phenoxy) is 1. The van der Waals surface area contributed by atoms with Gasteiger partial charge in [-0.25, -0.2) is 4.39 Å². The monoisotopic (exact) mass is 345 g/mol. The summed E-state index contributed by atoms with van der Waals surface area (Å²) in [6.45, 7) is 0. The van der Waals surface area contributed by atoms with Crippen molar-refractivity contribution in [3.63, 3.8) is 0 Å². The third-order valence-corrected chi connectivity index (χ3v) is 4.34. The second kappa shape index (κ2) is 7.63. The van der Waals surface area contributed by atoms with E-state index >= 15 is 0 Å². The van der Waals surface area contributed by atoms with Crippen LogP contribution >= 0.6 is 0 Å². The summed E-state index contributed by atoms with van der Waals surface area (Å²) in [7, 11) is 0. The molecule has 0 radical (unpaired) electrons. The number of aliphatic hydroxyl groups is 2. The fourth-order valence-corrected chi connectivity index (χ4v) is 2.98. The Hall–Kier alpha value is -2.44. The van der Waals surface area contributed by atoms with Crippen molar-refractivity contribution in [2.75, 3.05) is 0 Å². The summed E-state index contributed by atoms with van der Waals surface area (Å²) in [4.78, 5) is 12.2. The highest BCUT2D eigenvalue weighted by molar-refractivity contribution is 5.94. The molecule has 1 fully saturated rings. The highest BCUT2D eigenvalue weighted by atomic mass is 19.1. The second-order valence-corrected chi connectivity index (χ2v) is 6.12. The van der Waals surface area contributed by atoms with Gasteiger partial charge in [0.2, 0.25) is 0 Å². The summed E-state index contributed by atoms with van der Waals surface area (Å²) in [5.74, 6) is -0.382. The van der Waals surface area contributed by atoms with Gasteiger partial charge in [-0.2, -0.15) is 0 Å². The molecule has 0 saturated heterocycles. The van der Waals surface area contributed by atoms with Crippen molar-refractivity contribution in [1.29, 1.82) is 0 Å². The number of hydrogen-bond donors (Lipinski definition) is 3. The molecule has 6 heteroatoms. The van der Waals surface area contributed by atoms with E-state index in [9.17, 15) is 19.4 Å². The van der Waals surface area contributed by atoms with Gasteiger partial charge in [0, 0.05) is 5.56 Å². The first-order valence-electron chi connectivity index (χ1n) is 8.19. The van der Waals surface area contributed by atoms with Crippen molar-refractivity contribution in [3.8, 4) is 5.75 Å². The molecule has 3 N–H and O–H groups in total. The van der Waals surface area contributed by atoms with Crippen LogP contribution in [0.3, 0.4) is 0 Å². The van der Waals surface area contributed by atoms with Crippen LogP contribution < -0.4 is 10.1 Å². The van der Waals surface area contributed by atoms with Gasteiger partial charge in [-0.3, -0.25) is 4.79 Å². The van der Waals surface area contributed by atoms with Crippen LogP contribution in [0.4, 0.5) is 4.39 Å². The van der Waals surface area contributed by atoms with Gasteiger partial charge in [-0.1, -0.05) is 24.3 Å². The number of aliphatic hydroxyl groups excluding tert-OH is 2. The van der Waals surface area contributed by atoms with Crippen LogP contribution in [0.2, 0.25) is 0 Å². The normalized spacial score (nSPS) is 26.0. The van der Waals surface area contributed by atoms with Crippen LogP contribution in [0.1, 0.15) is 23.2 Å². The molecule has 2 aromatic rings. The lowest BCUT2D eigenvalue weighted by molar-refractivity contribution is -0.0874. The van der Waals surface area contributed by atoms with Crippen molar-refractivity contribution >= 4 is 5.91 Å². The predicted octanol–water partition coefficient (Wildman–Crippen LogP) is 1.89. The summed E-state index contributed by atoms with van der Waals surface area (Å²) in [6.07, 6.45) is -1.94. The summed E-state index contributed by atoms with van der Waals surface area (Å²) in [5.41, 5.74) is 0.171. The lowest BCUT2D eigenvalue weighted by Gasteiger charge is -2.37. The average molecular weight is 345 g/mol. The first-order valence-corrected chi connectivity index (χ1v) is 8.19. The van der Waals surface area contributed by atoms with E-state index in [0.29, 0.717) is 18.6 Å². The van der Waals surface area contributed by atoms with Crippen molar-refractivity contribution in [2.45, 2.75) is 37.2 Å². The molecule has 0 unspecified atom stereocenters. The van der Waals surface area contributed by atoms with E-state index in [1.54, 1.807) is 12.1 Å². The third kappa shape index (κ3) is 4.15. The van der Waals surface area contributed by atoms with Gasteiger partial charge < -0.3 is 20.3 Å². The van der Waals surface area contributed by atoms with Crippen LogP contribution in [-0.4, -0.2) is 40.5 Å². The summed E-state index contributed by atoms with van der Waals surface area (Å²) in [5, 5.41) is 23.3. The standard InChI is InChI=1S/C19H20FNO4/c20-13-6-4-5-12(11-13)19(24)21-15-9-10-16(18(23)17(15)22)25-14-7-2-1-3-8-14/h1-8,11,15-18,22-23H,9-10H2,(H,21,24)/t15-,16-,17+,18+/m1/s1. The molecular formula is C19H20FNO4. The Balaban J connectivity index is 1.61. The van der Waals surface area contributed by atoms with Gasteiger partial charge in [-0.05, 0) is 43.2 Å². The maximum atomic E-state index is 13.2. The van der Waals surface area contributed by atoms with Crippen molar-refractivity contribution in [2.24, 2.45) is 0 Å². The Bertz CT molecular complexity index is 724. The molecule has 0 heterocycles. The zero-order chi connectivity index (χ0) is 17.8. The molecule has 5 nitrogen and oxygen atoms in total. The van der Waals surface area contributed by atoms with Crippen LogP contribution in [0, 0.1) is 5.82 Å². The second-order valence-electron chi connectivity index (χ2n) is 6.12. The molecule has 2 aromatic carbocycles. The first kappa shape index (κ1) is 17.4. The highest BCUT2D eigenvalue weighted by Gasteiger charge is 2.39. The lowest BCUT2D eigenvalue weighted by Crippen LogP contribution is -2.57. The number of rotatable bonds is 4. The van der Waals surface area contributed by atoms with Crippen molar-refractivity contribution in [1.82, 2.24) is 5.32 Å². The van der Waals surface area contributed by atoms with Crippen LogP contribution in [0.5, 0.6) is 5.75 Å². The quantitative estimate of drug-likeness (QED) is 0.791. The zero-order valence-corrected chi connectivity index (χ0v) is 13.5. The minimum absolute atomic E-state index is 0.171. The van der Waals surface area contributed by atoms with E-state index in [1.165, 1.54) is 18.2 Å². The minimum atomic E-state index is -1.17. The van der Waals surface area contributed by atoms with E-state index in [4.69, 9.17) is 4.74 Å². The number of amides is 1. The molecule has 1 amide bonds. The van der Waals surface area contributed by atoms with Gasteiger partial charge in [0.1, 0.15) is 29.9 Å². The largest absolute Gasteiger partial charge is 0.488 e.